The summed E-state index contributed by atoms with van der Waals surface area (Å²) in [6.07, 6.45) is 3.54. The normalized spacial score (nSPS) is 25.8. The number of benzene rings is 1. The van der Waals surface area contributed by atoms with E-state index < -0.39 is 0 Å². The second-order valence-electron chi connectivity index (χ2n) is 4.98. The minimum Gasteiger partial charge on any atom is -0.496 e. The van der Waals surface area contributed by atoms with Crippen molar-refractivity contribution in [3.05, 3.63) is 28.2 Å². The Labute approximate surface area is 116 Å². The van der Waals surface area contributed by atoms with Gasteiger partial charge >= 0.3 is 0 Å². The first kappa shape index (κ1) is 13.8. The maximum absolute atomic E-state index is 9.55. The van der Waals surface area contributed by atoms with Crippen LogP contribution in [0.25, 0.3) is 0 Å². The van der Waals surface area contributed by atoms with Gasteiger partial charge in [0.15, 0.2) is 0 Å². The highest BCUT2D eigenvalue weighted by Gasteiger charge is 2.27. The van der Waals surface area contributed by atoms with E-state index in [9.17, 15) is 5.11 Å². The fraction of sp³-hybridized carbons (Fsp3) is 0.571. The molecule has 1 aromatic rings. The molecule has 0 radical (unpaired) electrons. The molecule has 0 amide bonds. The van der Waals surface area contributed by atoms with Gasteiger partial charge in [-0.1, -0.05) is 15.9 Å². The van der Waals surface area contributed by atoms with Crippen molar-refractivity contribution >= 4 is 15.9 Å². The molecule has 0 saturated heterocycles. The zero-order chi connectivity index (χ0) is 13.1. The summed E-state index contributed by atoms with van der Waals surface area (Å²) in [5.41, 5.74) is 7.43. The molecule has 0 aromatic heterocycles. The SMILES string of the molecule is COc1ccc(Br)cc1C(N)C1CCC(O)CC1. The third kappa shape index (κ3) is 3.05. The predicted molar refractivity (Wildman–Crippen MR) is 75.6 cm³/mol. The number of ether oxygens (including phenoxy) is 1. The molecule has 100 valence electrons. The van der Waals surface area contributed by atoms with Crippen molar-refractivity contribution in [1.82, 2.24) is 0 Å². The van der Waals surface area contributed by atoms with Gasteiger partial charge in [-0.25, -0.2) is 0 Å². The van der Waals surface area contributed by atoms with Gasteiger partial charge in [0.1, 0.15) is 5.75 Å². The van der Waals surface area contributed by atoms with Crippen LogP contribution < -0.4 is 10.5 Å². The van der Waals surface area contributed by atoms with Crippen LogP contribution in [0.1, 0.15) is 37.3 Å². The van der Waals surface area contributed by atoms with Crippen LogP contribution in [0.3, 0.4) is 0 Å². The van der Waals surface area contributed by atoms with Crippen molar-refractivity contribution in [2.45, 2.75) is 37.8 Å². The Hall–Kier alpha value is -0.580. The highest BCUT2D eigenvalue weighted by atomic mass is 79.9. The van der Waals surface area contributed by atoms with Gasteiger partial charge in [0.05, 0.1) is 13.2 Å². The van der Waals surface area contributed by atoms with Gasteiger partial charge in [0.25, 0.3) is 0 Å². The topological polar surface area (TPSA) is 55.5 Å². The number of aliphatic hydroxyl groups excluding tert-OH is 1. The number of nitrogens with two attached hydrogens (primary N) is 1. The van der Waals surface area contributed by atoms with E-state index in [1.165, 1.54) is 0 Å². The lowest BCUT2D eigenvalue weighted by atomic mass is 9.80. The molecule has 1 aromatic carbocycles. The van der Waals surface area contributed by atoms with Crippen molar-refractivity contribution in [2.24, 2.45) is 11.7 Å². The van der Waals surface area contributed by atoms with Crippen molar-refractivity contribution in [1.29, 1.82) is 0 Å². The molecule has 1 saturated carbocycles. The summed E-state index contributed by atoms with van der Waals surface area (Å²) in [6, 6.07) is 5.91. The zero-order valence-corrected chi connectivity index (χ0v) is 12.2. The molecular weight excluding hydrogens is 294 g/mol. The number of rotatable bonds is 3. The highest BCUT2D eigenvalue weighted by molar-refractivity contribution is 9.10. The predicted octanol–water partition coefficient (Wildman–Crippen LogP) is 3.01. The van der Waals surface area contributed by atoms with Crippen LogP contribution in [0, 0.1) is 5.92 Å². The summed E-state index contributed by atoms with van der Waals surface area (Å²) in [4.78, 5) is 0. The summed E-state index contributed by atoms with van der Waals surface area (Å²) in [5.74, 6) is 1.27. The van der Waals surface area contributed by atoms with Gasteiger partial charge in [-0.3, -0.25) is 0 Å². The third-order valence-electron chi connectivity index (χ3n) is 3.80. The summed E-state index contributed by atoms with van der Waals surface area (Å²) < 4.78 is 6.40. The van der Waals surface area contributed by atoms with Gasteiger partial charge in [-0.05, 0) is 49.8 Å². The molecule has 1 aliphatic carbocycles. The van der Waals surface area contributed by atoms with E-state index in [4.69, 9.17) is 10.5 Å². The number of methoxy groups -OCH3 is 1. The second-order valence-corrected chi connectivity index (χ2v) is 5.90. The Morgan fingerprint density at radius 2 is 2.00 bits per heavy atom. The first-order valence-corrected chi connectivity index (χ1v) is 7.18. The quantitative estimate of drug-likeness (QED) is 0.902. The van der Waals surface area contributed by atoms with Crippen LogP contribution in [-0.4, -0.2) is 18.3 Å². The molecule has 3 N–H and O–H groups in total. The molecule has 1 aliphatic rings. The first-order chi connectivity index (χ1) is 8.61. The van der Waals surface area contributed by atoms with Crippen LogP contribution in [0.15, 0.2) is 22.7 Å². The summed E-state index contributed by atoms with van der Waals surface area (Å²) in [5, 5.41) is 9.55. The average molecular weight is 314 g/mol. The Kier molecular flexibility index (Phi) is 4.65. The Bertz CT molecular complexity index is 403. The van der Waals surface area contributed by atoms with Gasteiger partial charge in [-0.15, -0.1) is 0 Å². The van der Waals surface area contributed by atoms with E-state index in [1.54, 1.807) is 7.11 Å². The van der Waals surface area contributed by atoms with Crippen molar-refractivity contribution in [3.8, 4) is 5.75 Å². The van der Waals surface area contributed by atoms with Gasteiger partial charge < -0.3 is 15.6 Å². The summed E-state index contributed by atoms with van der Waals surface area (Å²) in [6.45, 7) is 0. The molecule has 0 bridgehead atoms. The molecule has 0 aliphatic heterocycles. The van der Waals surface area contributed by atoms with Gasteiger partial charge in [0, 0.05) is 16.1 Å². The van der Waals surface area contributed by atoms with Crippen LogP contribution in [0.4, 0.5) is 0 Å². The standard InChI is InChI=1S/C14H20BrNO2/c1-18-13-7-4-10(15)8-12(13)14(16)9-2-5-11(17)6-3-9/h4,7-9,11,14,17H,2-3,5-6,16H2,1H3. The monoisotopic (exact) mass is 313 g/mol. The fourth-order valence-corrected chi connectivity index (χ4v) is 3.06. The molecule has 1 fully saturated rings. The summed E-state index contributed by atoms with van der Waals surface area (Å²) >= 11 is 3.48. The van der Waals surface area contributed by atoms with Gasteiger partial charge in [0.2, 0.25) is 0 Å². The van der Waals surface area contributed by atoms with Crippen molar-refractivity contribution < 1.29 is 9.84 Å². The fourth-order valence-electron chi connectivity index (χ4n) is 2.68. The average Bonchev–Trinajstić information content (AvgIpc) is 2.39. The molecule has 1 atom stereocenters. The molecule has 3 nitrogen and oxygen atoms in total. The molecule has 0 heterocycles. The lowest BCUT2D eigenvalue weighted by Gasteiger charge is -2.31. The maximum Gasteiger partial charge on any atom is 0.123 e. The van der Waals surface area contributed by atoms with E-state index in [0.717, 1.165) is 41.5 Å². The summed E-state index contributed by atoms with van der Waals surface area (Å²) in [7, 11) is 1.67. The smallest absolute Gasteiger partial charge is 0.123 e. The van der Waals surface area contributed by atoms with Crippen LogP contribution in [-0.2, 0) is 0 Å². The van der Waals surface area contributed by atoms with E-state index in [0.29, 0.717) is 5.92 Å². The van der Waals surface area contributed by atoms with E-state index in [2.05, 4.69) is 15.9 Å². The molecule has 0 spiro atoms. The largest absolute Gasteiger partial charge is 0.496 e. The maximum atomic E-state index is 9.55. The minimum atomic E-state index is -0.141. The molecule has 1 unspecified atom stereocenters. The van der Waals surface area contributed by atoms with E-state index in [-0.39, 0.29) is 12.1 Å². The number of aliphatic hydroxyl groups is 1. The van der Waals surface area contributed by atoms with E-state index in [1.807, 2.05) is 18.2 Å². The lowest BCUT2D eigenvalue weighted by Crippen LogP contribution is -2.28. The lowest BCUT2D eigenvalue weighted by molar-refractivity contribution is 0.101. The number of hydrogen-bond acceptors (Lipinski definition) is 3. The molecular formula is C14H20BrNO2. The van der Waals surface area contributed by atoms with Gasteiger partial charge in [-0.2, -0.15) is 0 Å². The minimum absolute atomic E-state index is 0.0232. The van der Waals surface area contributed by atoms with Crippen molar-refractivity contribution in [3.63, 3.8) is 0 Å². The molecule has 18 heavy (non-hydrogen) atoms. The molecule has 4 heteroatoms. The highest BCUT2D eigenvalue weighted by Crippen LogP contribution is 2.37. The Morgan fingerprint density at radius 1 is 1.33 bits per heavy atom. The number of hydrogen-bond donors (Lipinski definition) is 2. The Morgan fingerprint density at radius 3 is 2.61 bits per heavy atom. The third-order valence-corrected chi connectivity index (χ3v) is 4.29. The van der Waals surface area contributed by atoms with Crippen LogP contribution >= 0.6 is 15.9 Å². The Balaban J connectivity index is 2.17. The molecule has 2 rings (SSSR count). The van der Waals surface area contributed by atoms with Crippen LogP contribution in [0.5, 0.6) is 5.75 Å². The van der Waals surface area contributed by atoms with Crippen molar-refractivity contribution in [2.75, 3.05) is 7.11 Å². The first-order valence-electron chi connectivity index (χ1n) is 6.39. The van der Waals surface area contributed by atoms with Crippen LogP contribution in [0.2, 0.25) is 0 Å². The second kappa shape index (κ2) is 6.04. The van der Waals surface area contributed by atoms with E-state index >= 15 is 0 Å². The number of halogens is 1. The zero-order valence-electron chi connectivity index (χ0n) is 10.6.